The number of imidazole rings is 1. The van der Waals surface area contributed by atoms with Crippen molar-refractivity contribution in [3.05, 3.63) is 53.7 Å². The van der Waals surface area contributed by atoms with Crippen molar-refractivity contribution >= 4 is 22.9 Å². The molecular weight excluding hydrogens is 496 g/mol. The van der Waals surface area contributed by atoms with Gasteiger partial charge >= 0.3 is 0 Å². The first-order chi connectivity index (χ1) is 19.1. The Kier molecular flexibility index (Phi) is 5.99. The minimum absolute atomic E-state index is 0.0407. The normalized spacial score (nSPS) is 21.3. The fraction of sp³-hybridized carbons (Fsp3) is 0.448. The van der Waals surface area contributed by atoms with Crippen LogP contribution in [-0.2, 0) is 9.53 Å². The van der Waals surface area contributed by atoms with E-state index in [1.165, 1.54) is 0 Å². The fourth-order valence-electron chi connectivity index (χ4n) is 6.24. The molecule has 7 rings (SSSR count). The van der Waals surface area contributed by atoms with E-state index < -0.39 is 0 Å². The molecule has 2 fully saturated rings. The second kappa shape index (κ2) is 9.68. The van der Waals surface area contributed by atoms with Crippen LogP contribution in [-0.4, -0.2) is 64.6 Å². The molecule has 2 atom stereocenters. The van der Waals surface area contributed by atoms with E-state index in [-0.39, 0.29) is 23.9 Å². The predicted molar refractivity (Wildman–Crippen MR) is 145 cm³/mol. The standard InChI is InChI=1S/C29H32N6O4/c1-17-25(18(2)39-33-17)21-6-7-23-26-27(21)38-16-24(22-5-3-4-11-30-22)35(26)29(32-23)34-12-8-20(15-34)31-28(36)19-9-13-37-14-10-19/h3-7,11,19-20,24H,8-10,12-16H2,1-2H3,(H,31,36)/t20-,24-/m1/s1. The number of rotatable bonds is 5. The molecule has 202 valence electrons. The summed E-state index contributed by atoms with van der Waals surface area (Å²) in [5.41, 5.74) is 5.47. The molecule has 1 N–H and O–H groups in total. The van der Waals surface area contributed by atoms with E-state index in [4.69, 9.17) is 19.0 Å². The van der Waals surface area contributed by atoms with Crippen LogP contribution in [0.3, 0.4) is 0 Å². The van der Waals surface area contributed by atoms with Gasteiger partial charge < -0.3 is 24.2 Å². The number of hydrogen-bond donors (Lipinski definition) is 1. The number of carbonyl (C=O) groups excluding carboxylic acids is 1. The van der Waals surface area contributed by atoms with Crippen LogP contribution in [0, 0.1) is 19.8 Å². The lowest BCUT2D eigenvalue weighted by Crippen LogP contribution is -2.42. The first-order valence-electron chi connectivity index (χ1n) is 13.7. The van der Waals surface area contributed by atoms with Crippen LogP contribution < -0.4 is 15.0 Å². The molecule has 0 bridgehead atoms. The average molecular weight is 529 g/mol. The van der Waals surface area contributed by atoms with Gasteiger partial charge in [0.25, 0.3) is 0 Å². The number of carbonyl (C=O) groups is 1. The van der Waals surface area contributed by atoms with Gasteiger partial charge in [-0.05, 0) is 57.4 Å². The van der Waals surface area contributed by atoms with Gasteiger partial charge in [0, 0.05) is 50.0 Å². The van der Waals surface area contributed by atoms with Gasteiger partial charge in [-0.15, -0.1) is 0 Å². The highest BCUT2D eigenvalue weighted by atomic mass is 16.5. The number of benzene rings is 1. The highest BCUT2D eigenvalue weighted by Crippen LogP contribution is 2.46. The minimum Gasteiger partial charge on any atom is -0.488 e. The molecule has 10 nitrogen and oxygen atoms in total. The number of pyridine rings is 1. The SMILES string of the molecule is Cc1noc(C)c1-c1ccc2nc(N3CC[C@@H](NC(=O)C4CCOCC4)C3)n3c2c1OC[C@@H]3c1ccccn1. The Morgan fingerprint density at radius 1 is 1.10 bits per heavy atom. The molecule has 1 amide bonds. The third kappa shape index (κ3) is 4.14. The highest BCUT2D eigenvalue weighted by molar-refractivity contribution is 5.94. The van der Waals surface area contributed by atoms with Crippen molar-refractivity contribution in [3.8, 4) is 16.9 Å². The van der Waals surface area contributed by atoms with Gasteiger partial charge in [-0.2, -0.15) is 0 Å². The van der Waals surface area contributed by atoms with Crippen LogP contribution in [0.5, 0.6) is 5.75 Å². The molecule has 39 heavy (non-hydrogen) atoms. The summed E-state index contributed by atoms with van der Waals surface area (Å²) in [7, 11) is 0. The predicted octanol–water partition coefficient (Wildman–Crippen LogP) is 3.81. The van der Waals surface area contributed by atoms with Crippen LogP contribution in [0.2, 0.25) is 0 Å². The van der Waals surface area contributed by atoms with Crippen molar-refractivity contribution in [2.75, 3.05) is 37.8 Å². The molecule has 10 heteroatoms. The lowest BCUT2D eigenvalue weighted by atomic mass is 9.99. The van der Waals surface area contributed by atoms with Crippen molar-refractivity contribution < 1.29 is 18.8 Å². The van der Waals surface area contributed by atoms with Crippen molar-refractivity contribution in [2.45, 2.75) is 45.2 Å². The molecule has 1 aromatic carbocycles. The summed E-state index contributed by atoms with van der Waals surface area (Å²) in [6.45, 7) is 7.14. The van der Waals surface area contributed by atoms with E-state index in [0.717, 1.165) is 76.8 Å². The van der Waals surface area contributed by atoms with Crippen LogP contribution in [0.25, 0.3) is 22.2 Å². The third-order valence-electron chi connectivity index (χ3n) is 8.23. The van der Waals surface area contributed by atoms with Gasteiger partial charge in [-0.25, -0.2) is 4.98 Å². The smallest absolute Gasteiger partial charge is 0.223 e. The summed E-state index contributed by atoms with van der Waals surface area (Å²) < 4.78 is 19.7. The minimum atomic E-state index is -0.130. The quantitative estimate of drug-likeness (QED) is 0.417. The maximum absolute atomic E-state index is 12.9. The fourth-order valence-corrected chi connectivity index (χ4v) is 6.24. The Morgan fingerprint density at radius 3 is 2.74 bits per heavy atom. The van der Waals surface area contributed by atoms with Crippen molar-refractivity contribution in [1.82, 2.24) is 25.0 Å². The van der Waals surface area contributed by atoms with Crippen LogP contribution >= 0.6 is 0 Å². The molecule has 4 aromatic rings. The van der Waals surface area contributed by atoms with Gasteiger partial charge in [-0.1, -0.05) is 11.2 Å². The Labute approximate surface area is 226 Å². The molecule has 0 spiro atoms. The first-order valence-corrected chi connectivity index (χ1v) is 13.7. The molecule has 0 saturated carbocycles. The summed E-state index contributed by atoms with van der Waals surface area (Å²) in [6, 6.07) is 10.0. The zero-order chi connectivity index (χ0) is 26.5. The summed E-state index contributed by atoms with van der Waals surface area (Å²) in [6.07, 6.45) is 4.27. The second-order valence-electron chi connectivity index (χ2n) is 10.7. The summed E-state index contributed by atoms with van der Waals surface area (Å²) in [5, 5.41) is 7.47. The number of ether oxygens (including phenoxy) is 2. The Balaban J connectivity index is 1.27. The van der Waals surface area contributed by atoms with E-state index in [2.05, 4.69) is 24.9 Å². The van der Waals surface area contributed by atoms with Crippen molar-refractivity contribution in [3.63, 3.8) is 0 Å². The van der Waals surface area contributed by atoms with Crippen molar-refractivity contribution in [1.29, 1.82) is 0 Å². The Bertz CT molecular complexity index is 1500. The monoisotopic (exact) mass is 528 g/mol. The van der Waals surface area contributed by atoms with Crippen LogP contribution in [0.4, 0.5) is 5.95 Å². The summed E-state index contributed by atoms with van der Waals surface area (Å²) in [4.78, 5) is 25.0. The van der Waals surface area contributed by atoms with Gasteiger partial charge in [0.1, 0.15) is 23.9 Å². The molecule has 0 aliphatic carbocycles. The van der Waals surface area contributed by atoms with Crippen LogP contribution in [0.1, 0.15) is 42.5 Å². The number of aryl methyl sites for hydroxylation is 2. The number of nitrogens with one attached hydrogen (secondary N) is 1. The summed E-state index contributed by atoms with van der Waals surface area (Å²) in [5.74, 6) is 2.61. The van der Waals surface area contributed by atoms with Gasteiger partial charge in [-0.3, -0.25) is 14.3 Å². The highest BCUT2D eigenvalue weighted by Gasteiger charge is 2.36. The lowest BCUT2D eigenvalue weighted by Gasteiger charge is -2.30. The number of aromatic nitrogens is 4. The first kappa shape index (κ1) is 24.1. The van der Waals surface area contributed by atoms with Gasteiger partial charge in [0.15, 0.2) is 5.75 Å². The zero-order valence-electron chi connectivity index (χ0n) is 22.2. The maximum Gasteiger partial charge on any atom is 0.223 e. The topological polar surface area (TPSA) is 108 Å². The second-order valence-corrected chi connectivity index (χ2v) is 10.7. The van der Waals surface area contributed by atoms with E-state index in [1.807, 2.05) is 50.4 Å². The molecule has 3 aliphatic rings. The number of amides is 1. The molecule has 6 heterocycles. The largest absolute Gasteiger partial charge is 0.488 e. The van der Waals surface area contributed by atoms with Gasteiger partial charge in [0.05, 0.1) is 22.5 Å². The summed E-state index contributed by atoms with van der Waals surface area (Å²) >= 11 is 0. The number of hydrogen-bond acceptors (Lipinski definition) is 8. The van der Waals surface area contributed by atoms with E-state index in [9.17, 15) is 4.79 Å². The van der Waals surface area contributed by atoms with Crippen molar-refractivity contribution in [2.24, 2.45) is 5.92 Å². The van der Waals surface area contributed by atoms with E-state index in [1.54, 1.807) is 0 Å². The molecule has 3 aliphatic heterocycles. The molecule has 3 aromatic heterocycles. The van der Waals surface area contributed by atoms with E-state index >= 15 is 0 Å². The van der Waals surface area contributed by atoms with Gasteiger partial charge in [0.2, 0.25) is 11.9 Å². The Morgan fingerprint density at radius 2 is 1.97 bits per heavy atom. The van der Waals surface area contributed by atoms with E-state index in [0.29, 0.717) is 26.4 Å². The van der Waals surface area contributed by atoms with Crippen LogP contribution in [0.15, 0.2) is 41.1 Å². The third-order valence-corrected chi connectivity index (χ3v) is 8.23. The average Bonchev–Trinajstić information content (AvgIpc) is 3.68. The Hall–Kier alpha value is -3.92. The molecular formula is C29H32N6O4. The zero-order valence-corrected chi connectivity index (χ0v) is 22.2. The molecule has 0 unspecified atom stereocenters. The number of nitrogens with zero attached hydrogens (tertiary/aromatic N) is 5. The number of anilines is 1. The lowest BCUT2D eigenvalue weighted by molar-refractivity contribution is -0.128. The molecule has 2 saturated heterocycles. The molecule has 0 radical (unpaired) electrons. The maximum atomic E-state index is 12.9.